The van der Waals surface area contributed by atoms with Crippen molar-refractivity contribution in [3.05, 3.63) is 47.2 Å². The van der Waals surface area contributed by atoms with E-state index in [0.29, 0.717) is 11.3 Å². The van der Waals surface area contributed by atoms with Gasteiger partial charge in [-0.15, -0.1) is 18.2 Å². The van der Waals surface area contributed by atoms with E-state index in [0.717, 1.165) is 5.56 Å². The summed E-state index contributed by atoms with van der Waals surface area (Å²) in [6.45, 7) is -0.0416. The van der Waals surface area contributed by atoms with Crippen molar-refractivity contribution in [2.24, 2.45) is 5.16 Å². The zero-order valence-electron chi connectivity index (χ0n) is 14.7. The molecule has 0 radical (unpaired) electrons. The van der Waals surface area contributed by atoms with Crippen LogP contribution in [0.15, 0.2) is 46.8 Å². The Morgan fingerprint density at radius 1 is 1.43 bits per heavy atom. The van der Waals surface area contributed by atoms with E-state index in [1.807, 2.05) is 30.3 Å². The topological polar surface area (TPSA) is 108 Å². The second-order valence-electron chi connectivity index (χ2n) is 6.01. The average Bonchev–Trinajstić information content (AvgIpc) is 2.69. The molecule has 2 heterocycles. The molecule has 2 amide bonds. The summed E-state index contributed by atoms with van der Waals surface area (Å²) < 4.78 is 0. The zero-order valence-corrected chi connectivity index (χ0v) is 15.5. The molecule has 0 aliphatic carbocycles. The molecule has 2 atom stereocenters. The lowest BCUT2D eigenvalue weighted by atomic mass is 10.0. The molecule has 0 unspecified atom stereocenters. The number of rotatable bonds is 7. The molecule has 1 aromatic rings. The minimum Gasteiger partial charge on any atom is -0.477 e. The molecule has 0 bridgehead atoms. The molecule has 0 saturated carbocycles. The summed E-state index contributed by atoms with van der Waals surface area (Å²) in [5.41, 5.74) is 1.01. The predicted molar refractivity (Wildman–Crippen MR) is 103 cm³/mol. The van der Waals surface area contributed by atoms with E-state index in [9.17, 15) is 19.5 Å². The number of aliphatic carboxylic acids is 1. The van der Waals surface area contributed by atoms with Crippen molar-refractivity contribution in [1.29, 1.82) is 0 Å². The SMILES string of the molecule is C#CCO/N=C/C1=C(C(=O)O)N2C(=O)[C@@H](NC(=O)Cc3ccccc3)[C@H]2SC1. The predicted octanol–water partition coefficient (Wildman–Crippen LogP) is 0.603. The molecule has 8 nitrogen and oxygen atoms in total. The van der Waals surface area contributed by atoms with Crippen LogP contribution >= 0.6 is 11.8 Å². The van der Waals surface area contributed by atoms with E-state index in [4.69, 9.17) is 11.3 Å². The first-order valence-electron chi connectivity index (χ1n) is 8.36. The van der Waals surface area contributed by atoms with Crippen molar-refractivity contribution in [1.82, 2.24) is 10.2 Å². The smallest absolute Gasteiger partial charge is 0.353 e. The Hall–Kier alpha value is -3.25. The Kier molecular flexibility index (Phi) is 6.01. The molecular weight excluding hydrogens is 382 g/mol. The van der Waals surface area contributed by atoms with Crippen LogP contribution in [-0.4, -0.2) is 57.8 Å². The monoisotopic (exact) mass is 399 g/mol. The third kappa shape index (κ3) is 4.02. The highest BCUT2D eigenvalue weighted by atomic mass is 32.2. The molecule has 144 valence electrons. The number of hydrogen-bond donors (Lipinski definition) is 2. The number of carboxylic acid groups (broad SMARTS) is 1. The van der Waals surface area contributed by atoms with Gasteiger partial charge < -0.3 is 15.3 Å². The number of carbonyl (C=O) groups excluding carboxylic acids is 2. The van der Waals surface area contributed by atoms with Crippen LogP contribution in [0.4, 0.5) is 0 Å². The molecule has 2 aliphatic heterocycles. The van der Waals surface area contributed by atoms with Crippen molar-refractivity contribution in [3.63, 3.8) is 0 Å². The van der Waals surface area contributed by atoms with E-state index in [-0.39, 0.29) is 24.6 Å². The van der Waals surface area contributed by atoms with Crippen LogP contribution < -0.4 is 5.32 Å². The summed E-state index contributed by atoms with van der Waals surface area (Å²) in [5, 5.41) is 15.4. The number of nitrogens with zero attached hydrogens (tertiary/aromatic N) is 2. The van der Waals surface area contributed by atoms with Gasteiger partial charge in [0.05, 0.1) is 12.6 Å². The highest BCUT2D eigenvalue weighted by Gasteiger charge is 2.54. The number of benzene rings is 1. The molecular formula is C19H17N3O5S. The minimum atomic E-state index is -1.24. The summed E-state index contributed by atoms with van der Waals surface area (Å²) in [6, 6.07) is 8.40. The van der Waals surface area contributed by atoms with Gasteiger partial charge in [0.25, 0.3) is 5.91 Å². The number of terminal acetylenes is 1. The molecule has 1 fully saturated rings. The first-order valence-corrected chi connectivity index (χ1v) is 9.41. The van der Waals surface area contributed by atoms with Crippen LogP contribution in [-0.2, 0) is 25.6 Å². The molecule has 0 spiro atoms. The summed E-state index contributed by atoms with van der Waals surface area (Å²) in [5.74, 6) is 0.544. The highest BCUT2D eigenvalue weighted by molar-refractivity contribution is 8.00. The van der Waals surface area contributed by atoms with E-state index in [1.165, 1.54) is 22.9 Å². The van der Waals surface area contributed by atoms with Gasteiger partial charge in [-0.2, -0.15) is 0 Å². The Labute approximate surface area is 165 Å². The Balaban J connectivity index is 1.68. The maximum Gasteiger partial charge on any atom is 0.353 e. The quantitative estimate of drug-likeness (QED) is 0.229. The number of nitrogens with one attached hydrogen (secondary N) is 1. The van der Waals surface area contributed by atoms with Crippen molar-refractivity contribution >= 4 is 35.8 Å². The highest BCUT2D eigenvalue weighted by Crippen LogP contribution is 2.39. The van der Waals surface area contributed by atoms with Gasteiger partial charge in [-0.1, -0.05) is 41.4 Å². The number of oxime groups is 1. The molecule has 1 saturated heterocycles. The lowest BCUT2D eigenvalue weighted by Gasteiger charge is -2.49. The van der Waals surface area contributed by atoms with Crippen LogP contribution in [0.5, 0.6) is 0 Å². The first-order chi connectivity index (χ1) is 13.5. The van der Waals surface area contributed by atoms with E-state index < -0.39 is 23.3 Å². The Bertz CT molecular complexity index is 891. The fraction of sp³-hybridized carbons (Fsp3) is 0.263. The van der Waals surface area contributed by atoms with Gasteiger partial charge in [0, 0.05) is 11.3 Å². The summed E-state index contributed by atoms with van der Waals surface area (Å²) in [7, 11) is 0. The minimum absolute atomic E-state index is 0.0416. The summed E-state index contributed by atoms with van der Waals surface area (Å²) in [4.78, 5) is 42.4. The van der Waals surface area contributed by atoms with Crippen LogP contribution in [0.25, 0.3) is 0 Å². The first kappa shape index (κ1) is 19.5. The second kappa shape index (κ2) is 8.63. The van der Waals surface area contributed by atoms with Crippen molar-refractivity contribution in [2.75, 3.05) is 12.4 Å². The van der Waals surface area contributed by atoms with Gasteiger partial charge >= 0.3 is 5.97 Å². The Morgan fingerprint density at radius 3 is 2.86 bits per heavy atom. The molecule has 28 heavy (non-hydrogen) atoms. The molecule has 2 aliphatic rings. The number of hydrogen-bond acceptors (Lipinski definition) is 6. The molecule has 1 aromatic carbocycles. The van der Waals surface area contributed by atoms with Crippen molar-refractivity contribution < 1.29 is 24.3 Å². The van der Waals surface area contributed by atoms with Gasteiger partial charge in [-0.3, -0.25) is 14.5 Å². The molecule has 2 N–H and O–H groups in total. The summed E-state index contributed by atoms with van der Waals surface area (Å²) >= 11 is 1.35. The standard InChI is InChI=1S/C19H17N3O5S/c1-2-8-27-20-10-13-11-28-18-15(17(24)22(18)16(13)19(25)26)21-14(23)9-12-6-4-3-5-7-12/h1,3-7,10,15,18H,8-9,11H2,(H,21,23)(H,25,26)/b20-10+/t15-,18-/m1/s1. The number of fused-ring (bicyclic) bond motifs is 1. The van der Waals surface area contributed by atoms with Gasteiger partial charge in [0.2, 0.25) is 5.91 Å². The number of amides is 2. The number of thioether (sulfide) groups is 1. The molecule has 9 heteroatoms. The third-order valence-corrected chi connectivity index (χ3v) is 5.46. The normalized spacial score (nSPS) is 21.0. The van der Waals surface area contributed by atoms with Gasteiger partial charge in [0.15, 0.2) is 6.61 Å². The van der Waals surface area contributed by atoms with Crippen LogP contribution in [0.3, 0.4) is 0 Å². The van der Waals surface area contributed by atoms with Crippen molar-refractivity contribution in [3.8, 4) is 12.3 Å². The fourth-order valence-corrected chi connectivity index (χ4v) is 4.22. The van der Waals surface area contributed by atoms with Gasteiger partial charge in [0.1, 0.15) is 17.1 Å². The number of carbonyl (C=O) groups is 3. The lowest BCUT2D eigenvalue weighted by molar-refractivity contribution is -0.150. The zero-order chi connectivity index (χ0) is 20.1. The van der Waals surface area contributed by atoms with Crippen LogP contribution in [0.2, 0.25) is 0 Å². The van der Waals surface area contributed by atoms with Gasteiger partial charge in [-0.25, -0.2) is 4.79 Å². The molecule has 0 aromatic heterocycles. The maximum atomic E-state index is 12.5. The Morgan fingerprint density at radius 2 is 2.18 bits per heavy atom. The average molecular weight is 399 g/mol. The van der Waals surface area contributed by atoms with Crippen LogP contribution in [0, 0.1) is 12.3 Å². The van der Waals surface area contributed by atoms with E-state index in [2.05, 4.69) is 16.4 Å². The number of carboxylic acids is 1. The third-order valence-electron chi connectivity index (χ3n) is 4.16. The van der Waals surface area contributed by atoms with E-state index >= 15 is 0 Å². The second-order valence-corrected chi connectivity index (χ2v) is 7.11. The molecule has 3 rings (SSSR count). The van der Waals surface area contributed by atoms with Crippen molar-refractivity contribution in [2.45, 2.75) is 17.8 Å². The van der Waals surface area contributed by atoms with Crippen LogP contribution in [0.1, 0.15) is 5.56 Å². The fourth-order valence-electron chi connectivity index (χ4n) is 2.92. The maximum absolute atomic E-state index is 12.5. The summed E-state index contributed by atoms with van der Waals surface area (Å²) in [6.07, 6.45) is 6.44. The lowest BCUT2D eigenvalue weighted by Crippen LogP contribution is -2.70. The van der Waals surface area contributed by atoms with E-state index in [1.54, 1.807) is 0 Å². The van der Waals surface area contributed by atoms with Gasteiger partial charge in [-0.05, 0) is 5.56 Å². The largest absolute Gasteiger partial charge is 0.477 e. The number of β-lactam (4-membered cyclic amide) rings is 1.